The second-order valence-corrected chi connectivity index (χ2v) is 7.34. The van der Waals surface area contributed by atoms with E-state index in [1.165, 1.54) is 0 Å². The van der Waals surface area contributed by atoms with Gasteiger partial charge < -0.3 is 9.90 Å². The smallest absolute Gasteiger partial charge is 0.147 e. The van der Waals surface area contributed by atoms with Crippen LogP contribution in [0.1, 0.15) is 40.0 Å². The van der Waals surface area contributed by atoms with Crippen molar-refractivity contribution in [3.05, 3.63) is 11.1 Å². The molecule has 0 aromatic rings. The highest BCUT2D eigenvalue weighted by Crippen LogP contribution is 2.74. The average Bonchev–Trinajstić information content (AvgIpc) is 2.80. The number of carbonyl (C=O) groups is 2. The SMILES string of the molecule is CC1(C)CC2=C(C=O)C3(C=O)CC3(C)C(O)C2C1. The van der Waals surface area contributed by atoms with Crippen LogP contribution in [-0.4, -0.2) is 23.8 Å². The largest absolute Gasteiger partial charge is 0.392 e. The molecule has 0 spiro atoms. The number of aldehydes is 2. The quantitative estimate of drug-likeness (QED) is 0.759. The average molecular weight is 248 g/mol. The zero-order valence-electron chi connectivity index (χ0n) is 11.2. The zero-order chi connectivity index (χ0) is 13.3. The molecule has 0 saturated heterocycles. The molecular formula is C15H20O3. The van der Waals surface area contributed by atoms with Gasteiger partial charge in [0.05, 0.1) is 11.5 Å². The van der Waals surface area contributed by atoms with Crippen LogP contribution in [0.3, 0.4) is 0 Å². The molecule has 98 valence electrons. The third kappa shape index (κ3) is 1.14. The number of aliphatic hydroxyl groups is 1. The van der Waals surface area contributed by atoms with Crippen molar-refractivity contribution in [2.24, 2.45) is 22.2 Å². The zero-order valence-corrected chi connectivity index (χ0v) is 11.2. The first-order valence-corrected chi connectivity index (χ1v) is 6.64. The molecule has 0 aliphatic heterocycles. The molecule has 18 heavy (non-hydrogen) atoms. The van der Waals surface area contributed by atoms with Crippen LogP contribution in [0.2, 0.25) is 0 Å². The summed E-state index contributed by atoms with van der Waals surface area (Å²) in [6.45, 7) is 6.27. The Kier molecular flexibility index (Phi) is 2.10. The fourth-order valence-corrected chi connectivity index (χ4v) is 4.49. The molecule has 3 aliphatic carbocycles. The van der Waals surface area contributed by atoms with E-state index in [1.807, 2.05) is 6.92 Å². The van der Waals surface area contributed by atoms with Crippen molar-refractivity contribution >= 4 is 12.6 Å². The Labute approximate surface area is 107 Å². The fraction of sp³-hybridized carbons (Fsp3) is 0.733. The Bertz CT molecular complexity index is 476. The number of hydrogen-bond donors (Lipinski definition) is 1. The van der Waals surface area contributed by atoms with Gasteiger partial charge in [-0.1, -0.05) is 26.3 Å². The summed E-state index contributed by atoms with van der Waals surface area (Å²) >= 11 is 0. The predicted octanol–water partition coefficient (Wildman–Crippen LogP) is 1.89. The van der Waals surface area contributed by atoms with E-state index in [9.17, 15) is 14.7 Å². The lowest BCUT2D eigenvalue weighted by Gasteiger charge is -2.35. The van der Waals surface area contributed by atoms with Crippen LogP contribution in [-0.2, 0) is 9.59 Å². The minimum atomic E-state index is -0.694. The molecular weight excluding hydrogens is 228 g/mol. The molecule has 0 aromatic carbocycles. The van der Waals surface area contributed by atoms with Gasteiger partial charge in [-0.05, 0) is 24.7 Å². The number of hydrogen-bond acceptors (Lipinski definition) is 3. The van der Waals surface area contributed by atoms with Gasteiger partial charge in [0.2, 0.25) is 0 Å². The van der Waals surface area contributed by atoms with Crippen molar-refractivity contribution in [2.45, 2.75) is 46.1 Å². The summed E-state index contributed by atoms with van der Waals surface area (Å²) in [7, 11) is 0. The van der Waals surface area contributed by atoms with Crippen molar-refractivity contribution in [3.63, 3.8) is 0 Å². The predicted molar refractivity (Wildman–Crippen MR) is 66.8 cm³/mol. The minimum absolute atomic E-state index is 0.0702. The highest BCUT2D eigenvalue weighted by atomic mass is 16.3. The summed E-state index contributed by atoms with van der Waals surface area (Å²) in [5.41, 5.74) is 0.734. The number of carbonyl (C=O) groups excluding carboxylic acids is 2. The van der Waals surface area contributed by atoms with Gasteiger partial charge in [0.25, 0.3) is 0 Å². The van der Waals surface area contributed by atoms with Crippen LogP contribution in [0.4, 0.5) is 0 Å². The highest BCUT2D eigenvalue weighted by molar-refractivity contribution is 5.90. The maximum atomic E-state index is 11.5. The van der Waals surface area contributed by atoms with Gasteiger partial charge in [-0.2, -0.15) is 0 Å². The summed E-state index contributed by atoms with van der Waals surface area (Å²) in [6.07, 6.45) is 3.64. The Balaban J connectivity index is 2.18. The van der Waals surface area contributed by atoms with E-state index in [0.717, 1.165) is 31.0 Å². The van der Waals surface area contributed by atoms with Crippen molar-refractivity contribution in [3.8, 4) is 0 Å². The lowest BCUT2D eigenvalue weighted by atomic mass is 9.71. The number of rotatable bonds is 2. The first-order chi connectivity index (χ1) is 8.31. The van der Waals surface area contributed by atoms with Gasteiger partial charge in [0, 0.05) is 16.9 Å². The fourth-order valence-electron chi connectivity index (χ4n) is 4.49. The number of allylic oxidation sites excluding steroid dienone is 1. The van der Waals surface area contributed by atoms with E-state index >= 15 is 0 Å². The van der Waals surface area contributed by atoms with E-state index in [4.69, 9.17) is 0 Å². The van der Waals surface area contributed by atoms with Crippen molar-refractivity contribution < 1.29 is 14.7 Å². The lowest BCUT2D eigenvalue weighted by molar-refractivity contribution is -0.116. The summed E-state index contributed by atoms with van der Waals surface area (Å²) in [4.78, 5) is 23.0. The molecule has 0 radical (unpaired) electrons. The van der Waals surface area contributed by atoms with E-state index in [2.05, 4.69) is 13.8 Å². The second kappa shape index (κ2) is 3.13. The van der Waals surface area contributed by atoms with Crippen molar-refractivity contribution in [1.29, 1.82) is 0 Å². The van der Waals surface area contributed by atoms with Crippen LogP contribution >= 0.6 is 0 Å². The molecule has 1 N–H and O–H groups in total. The first kappa shape index (κ1) is 12.1. The van der Waals surface area contributed by atoms with Crippen LogP contribution in [0.15, 0.2) is 11.1 Å². The third-order valence-corrected chi connectivity index (χ3v) is 5.61. The van der Waals surface area contributed by atoms with Gasteiger partial charge in [0.1, 0.15) is 12.6 Å². The Morgan fingerprint density at radius 1 is 1.28 bits per heavy atom. The maximum absolute atomic E-state index is 11.5. The molecule has 3 heteroatoms. The summed E-state index contributed by atoms with van der Waals surface area (Å²) < 4.78 is 0. The Morgan fingerprint density at radius 2 is 1.94 bits per heavy atom. The molecule has 3 nitrogen and oxygen atoms in total. The van der Waals surface area contributed by atoms with Gasteiger partial charge in [0.15, 0.2) is 0 Å². The lowest BCUT2D eigenvalue weighted by Crippen LogP contribution is -2.39. The Morgan fingerprint density at radius 3 is 2.50 bits per heavy atom. The monoisotopic (exact) mass is 248 g/mol. The molecule has 0 heterocycles. The van der Waals surface area contributed by atoms with E-state index < -0.39 is 16.9 Å². The maximum Gasteiger partial charge on any atom is 0.147 e. The molecule has 0 aromatic heterocycles. The van der Waals surface area contributed by atoms with E-state index in [0.29, 0.717) is 12.0 Å². The molecule has 2 fully saturated rings. The van der Waals surface area contributed by atoms with Crippen LogP contribution in [0, 0.1) is 22.2 Å². The van der Waals surface area contributed by atoms with E-state index in [-0.39, 0.29) is 11.3 Å². The van der Waals surface area contributed by atoms with Crippen LogP contribution in [0.5, 0.6) is 0 Å². The number of aliphatic hydroxyl groups excluding tert-OH is 1. The highest BCUT2D eigenvalue weighted by Gasteiger charge is 2.74. The molecule has 3 rings (SSSR count). The summed E-state index contributed by atoms with van der Waals surface area (Å²) in [5, 5.41) is 10.6. The number of fused-ring (bicyclic) bond motifs is 2. The van der Waals surface area contributed by atoms with Gasteiger partial charge in [-0.3, -0.25) is 4.79 Å². The standard InChI is InChI=1S/C15H20O3/c1-13(2)4-9-10(5-13)12(18)14(3)7-15(14,8-17)11(9)6-16/h6,8,10,12,18H,4-5,7H2,1-3H3. The topological polar surface area (TPSA) is 54.4 Å². The first-order valence-electron chi connectivity index (χ1n) is 6.64. The van der Waals surface area contributed by atoms with Crippen molar-refractivity contribution in [1.82, 2.24) is 0 Å². The molecule has 4 unspecified atom stereocenters. The molecule has 2 saturated carbocycles. The normalized spacial score (nSPS) is 48.4. The van der Waals surface area contributed by atoms with Crippen molar-refractivity contribution in [2.75, 3.05) is 0 Å². The molecule has 0 amide bonds. The van der Waals surface area contributed by atoms with Gasteiger partial charge in [-0.15, -0.1) is 0 Å². The summed E-state index contributed by atoms with van der Waals surface area (Å²) in [6, 6.07) is 0. The van der Waals surface area contributed by atoms with Crippen LogP contribution in [0.25, 0.3) is 0 Å². The van der Waals surface area contributed by atoms with Crippen LogP contribution < -0.4 is 0 Å². The molecule has 3 aliphatic rings. The molecule has 4 atom stereocenters. The van der Waals surface area contributed by atoms with Gasteiger partial charge >= 0.3 is 0 Å². The minimum Gasteiger partial charge on any atom is -0.392 e. The Hall–Kier alpha value is -0.960. The second-order valence-electron chi connectivity index (χ2n) is 7.34. The summed E-state index contributed by atoms with van der Waals surface area (Å²) in [5.74, 6) is 0.0702. The third-order valence-electron chi connectivity index (χ3n) is 5.61. The van der Waals surface area contributed by atoms with E-state index in [1.54, 1.807) is 0 Å². The van der Waals surface area contributed by atoms with Gasteiger partial charge in [-0.25, -0.2) is 0 Å². The molecule has 0 bridgehead atoms.